The standard InChI is InChI=1S/C13H13BrFNO3S2/c14-13-12(7-10(8-17)20-13)21(18,19)16-6-5-9-3-1-2-4-11(9)15/h1-4,7,16-17H,5-6,8H2. The fraction of sp³-hybridized carbons (Fsp3) is 0.231. The van der Waals surface area contributed by atoms with E-state index in [4.69, 9.17) is 5.11 Å². The lowest BCUT2D eigenvalue weighted by molar-refractivity contribution is 0.285. The molecule has 2 rings (SSSR count). The number of thiophene rings is 1. The van der Waals surface area contributed by atoms with Gasteiger partial charge in [0.15, 0.2) is 0 Å². The third kappa shape index (κ3) is 4.10. The van der Waals surface area contributed by atoms with Crippen LogP contribution in [0.5, 0.6) is 0 Å². The molecular formula is C13H13BrFNO3S2. The van der Waals surface area contributed by atoms with E-state index >= 15 is 0 Å². The Morgan fingerprint density at radius 3 is 2.67 bits per heavy atom. The zero-order chi connectivity index (χ0) is 15.5. The van der Waals surface area contributed by atoms with Crippen LogP contribution >= 0.6 is 27.3 Å². The summed E-state index contributed by atoms with van der Waals surface area (Å²) in [6.07, 6.45) is 0.264. The molecule has 0 radical (unpaired) electrons. The normalized spacial score (nSPS) is 11.8. The first-order valence-corrected chi connectivity index (χ1v) is 9.15. The predicted molar refractivity (Wildman–Crippen MR) is 83.2 cm³/mol. The fourth-order valence-electron chi connectivity index (χ4n) is 1.76. The molecule has 21 heavy (non-hydrogen) atoms. The molecule has 1 aromatic carbocycles. The van der Waals surface area contributed by atoms with E-state index in [1.807, 2.05) is 0 Å². The van der Waals surface area contributed by atoms with Crippen molar-refractivity contribution in [3.05, 3.63) is 50.4 Å². The second kappa shape index (κ2) is 6.97. The fourth-order valence-corrected chi connectivity index (χ4v) is 5.33. The first-order chi connectivity index (χ1) is 9.94. The Kier molecular flexibility index (Phi) is 5.50. The molecule has 0 aliphatic heterocycles. The van der Waals surface area contributed by atoms with Gasteiger partial charge in [0.1, 0.15) is 10.7 Å². The topological polar surface area (TPSA) is 66.4 Å². The van der Waals surface area contributed by atoms with E-state index in [0.717, 1.165) is 11.3 Å². The molecule has 4 nitrogen and oxygen atoms in total. The van der Waals surface area contributed by atoms with Crippen molar-refractivity contribution in [2.45, 2.75) is 17.9 Å². The van der Waals surface area contributed by atoms with E-state index in [0.29, 0.717) is 14.2 Å². The Hall–Kier alpha value is -0.800. The molecule has 2 N–H and O–H groups in total. The number of hydrogen-bond acceptors (Lipinski definition) is 4. The second-order valence-corrected chi connectivity index (χ2v) is 8.44. The molecule has 0 bridgehead atoms. The molecule has 0 saturated heterocycles. The minimum atomic E-state index is -3.68. The molecule has 0 saturated carbocycles. The van der Waals surface area contributed by atoms with Crippen molar-refractivity contribution in [1.82, 2.24) is 4.72 Å². The van der Waals surface area contributed by atoms with Gasteiger partial charge in [-0.25, -0.2) is 17.5 Å². The van der Waals surface area contributed by atoms with E-state index < -0.39 is 10.0 Å². The number of benzene rings is 1. The lowest BCUT2D eigenvalue weighted by atomic mass is 10.1. The van der Waals surface area contributed by atoms with Gasteiger partial charge < -0.3 is 5.11 Å². The lowest BCUT2D eigenvalue weighted by Crippen LogP contribution is -2.26. The molecule has 2 aromatic rings. The summed E-state index contributed by atoms with van der Waals surface area (Å²) in [5, 5.41) is 9.03. The number of rotatable bonds is 6. The van der Waals surface area contributed by atoms with Crippen LogP contribution < -0.4 is 4.72 Å². The quantitative estimate of drug-likeness (QED) is 0.792. The van der Waals surface area contributed by atoms with Crippen LogP contribution in [0, 0.1) is 5.82 Å². The summed E-state index contributed by atoms with van der Waals surface area (Å²) in [5.74, 6) is -0.351. The van der Waals surface area contributed by atoms with Crippen LogP contribution in [0.2, 0.25) is 0 Å². The van der Waals surface area contributed by atoms with Crippen molar-refractivity contribution in [1.29, 1.82) is 0 Å². The van der Waals surface area contributed by atoms with E-state index in [1.165, 1.54) is 12.1 Å². The molecule has 114 valence electrons. The Morgan fingerprint density at radius 2 is 2.05 bits per heavy atom. The van der Waals surface area contributed by atoms with Crippen molar-refractivity contribution in [3.63, 3.8) is 0 Å². The second-order valence-electron chi connectivity index (χ2n) is 4.25. The third-order valence-corrected chi connectivity index (χ3v) is 6.49. The number of aliphatic hydroxyl groups is 1. The monoisotopic (exact) mass is 393 g/mol. The molecule has 0 aliphatic rings. The van der Waals surface area contributed by atoms with Gasteiger partial charge in [0, 0.05) is 11.4 Å². The van der Waals surface area contributed by atoms with Crippen LogP contribution in [0.1, 0.15) is 10.4 Å². The van der Waals surface area contributed by atoms with Gasteiger partial charge in [0.25, 0.3) is 0 Å². The predicted octanol–water partition coefficient (Wildman–Crippen LogP) is 2.66. The smallest absolute Gasteiger partial charge is 0.242 e. The van der Waals surface area contributed by atoms with Gasteiger partial charge in [0.05, 0.1) is 10.4 Å². The van der Waals surface area contributed by atoms with Crippen molar-refractivity contribution in [2.24, 2.45) is 0 Å². The summed E-state index contributed by atoms with van der Waals surface area (Å²) in [6.45, 7) is -0.117. The highest BCUT2D eigenvalue weighted by Gasteiger charge is 2.20. The van der Waals surface area contributed by atoms with Gasteiger partial charge in [-0.15, -0.1) is 11.3 Å². The average Bonchev–Trinajstić information content (AvgIpc) is 2.83. The van der Waals surface area contributed by atoms with E-state index in [1.54, 1.807) is 18.2 Å². The number of aliphatic hydroxyl groups excluding tert-OH is 1. The van der Waals surface area contributed by atoms with Crippen LogP contribution in [0.3, 0.4) is 0 Å². The van der Waals surface area contributed by atoms with Crippen LogP contribution in [0.4, 0.5) is 4.39 Å². The molecule has 0 atom stereocenters. The number of hydrogen-bond donors (Lipinski definition) is 2. The largest absolute Gasteiger partial charge is 0.391 e. The summed E-state index contributed by atoms with van der Waals surface area (Å²) < 4.78 is 40.6. The van der Waals surface area contributed by atoms with Crippen molar-refractivity contribution < 1.29 is 17.9 Å². The number of sulfonamides is 1. The van der Waals surface area contributed by atoms with Gasteiger partial charge in [-0.2, -0.15) is 0 Å². The Labute approximate surface area is 134 Å². The Balaban J connectivity index is 2.05. The van der Waals surface area contributed by atoms with Gasteiger partial charge in [0.2, 0.25) is 10.0 Å². The van der Waals surface area contributed by atoms with E-state index in [2.05, 4.69) is 20.7 Å². The van der Waals surface area contributed by atoms with Crippen LogP contribution in [0.25, 0.3) is 0 Å². The number of nitrogens with one attached hydrogen (secondary N) is 1. The highest BCUT2D eigenvalue weighted by atomic mass is 79.9. The first-order valence-electron chi connectivity index (χ1n) is 6.06. The minimum Gasteiger partial charge on any atom is -0.391 e. The maximum absolute atomic E-state index is 13.4. The van der Waals surface area contributed by atoms with Crippen LogP contribution in [0.15, 0.2) is 39.0 Å². The maximum atomic E-state index is 13.4. The molecule has 0 unspecified atom stereocenters. The van der Waals surface area contributed by atoms with Crippen molar-refractivity contribution in [2.75, 3.05) is 6.54 Å². The third-order valence-electron chi connectivity index (χ3n) is 2.80. The minimum absolute atomic E-state index is 0.0880. The zero-order valence-electron chi connectivity index (χ0n) is 10.8. The van der Waals surface area contributed by atoms with Crippen LogP contribution in [-0.4, -0.2) is 20.1 Å². The molecule has 1 aromatic heterocycles. The van der Waals surface area contributed by atoms with Gasteiger partial charge in [-0.3, -0.25) is 0 Å². The lowest BCUT2D eigenvalue weighted by Gasteiger charge is -2.06. The zero-order valence-corrected chi connectivity index (χ0v) is 14.1. The SMILES string of the molecule is O=S(=O)(NCCc1ccccc1F)c1cc(CO)sc1Br. The summed E-state index contributed by atoms with van der Waals surface area (Å²) in [4.78, 5) is 0.640. The molecular weight excluding hydrogens is 381 g/mol. The van der Waals surface area contributed by atoms with Gasteiger partial charge in [-0.05, 0) is 40.0 Å². The first kappa shape index (κ1) is 16.6. The molecule has 0 amide bonds. The van der Waals surface area contributed by atoms with Gasteiger partial charge in [-0.1, -0.05) is 18.2 Å². The average molecular weight is 394 g/mol. The number of halogens is 2. The highest BCUT2D eigenvalue weighted by molar-refractivity contribution is 9.11. The van der Waals surface area contributed by atoms with E-state index in [-0.39, 0.29) is 30.3 Å². The summed E-state index contributed by atoms with van der Waals surface area (Å²) in [7, 11) is -3.68. The van der Waals surface area contributed by atoms with Crippen LogP contribution in [-0.2, 0) is 23.1 Å². The molecule has 8 heteroatoms. The van der Waals surface area contributed by atoms with Gasteiger partial charge >= 0.3 is 0 Å². The Morgan fingerprint density at radius 1 is 1.33 bits per heavy atom. The summed E-state index contributed by atoms with van der Waals surface area (Å²) in [5.41, 5.74) is 0.459. The highest BCUT2D eigenvalue weighted by Crippen LogP contribution is 2.31. The van der Waals surface area contributed by atoms with Crippen molar-refractivity contribution in [3.8, 4) is 0 Å². The molecule has 0 spiro atoms. The maximum Gasteiger partial charge on any atom is 0.242 e. The summed E-state index contributed by atoms with van der Waals surface area (Å²) >= 11 is 4.33. The van der Waals surface area contributed by atoms with E-state index in [9.17, 15) is 12.8 Å². The van der Waals surface area contributed by atoms with Crippen molar-refractivity contribution >= 4 is 37.3 Å². The Bertz CT molecular complexity index is 731. The summed E-state index contributed by atoms with van der Waals surface area (Å²) in [6, 6.07) is 7.67. The molecule has 0 aliphatic carbocycles. The molecule has 0 fully saturated rings. The molecule has 1 heterocycles.